The first-order valence-electron chi connectivity index (χ1n) is 5.98. The first-order chi connectivity index (χ1) is 8.58. The third-order valence-electron chi connectivity index (χ3n) is 3.28. The Morgan fingerprint density at radius 1 is 1.39 bits per heavy atom. The van der Waals surface area contributed by atoms with E-state index in [-0.39, 0.29) is 0 Å². The molecule has 1 aromatic rings. The molecule has 0 bridgehead atoms. The Kier molecular flexibility index (Phi) is 4.49. The lowest BCUT2D eigenvalue weighted by Crippen LogP contribution is -2.44. The summed E-state index contributed by atoms with van der Waals surface area (Å²) in [5.74, 6) is -0.757. The van der Waals surface area contributed by atoms with Gasteiger partial charge in [-0.05, 0) is 43.1 Å². The Balaban J connectivity index is 2.15. The Bertz CT molecular complexity index is 451. The van der Waals surface area contributed by atoms with Gasteiger partial charge >= 0.3 is 5.97 Å². The van der Waals surface area contributed by atoms with E-state index in [1.54, 1.807) is 18.2 Å². The summed E-state index contributed by atoms with van der Waals surface area (Å²) in [6.45, 7) is 1.33. The van der Waals surface area contributed by atoms with E-state index in [2.05, 4.69) is 0 Å². The molecule has 1 aromatic carbocycles. The lowest BCUT2D eigenvalue weighted by Gasteiger charge is -2.33. The minimum Gasteiger partial charge on any atom is -0.480 e. The number of likely N-dealkylation sites (tertiary alicyclic amines) is 1. The molecule has 0 spiro atoms. The summed E-state index contributed by atoms with van der Waals surface area (Å²) in [6, 6.07) is 4.88. The summed E-state index contributed by atoms with van der Waals surface area (Å²) < 4.78 is 0. The Morgan fingerprint density at radius 3 is 2.89 bits per heavy atom. The number of nitrogens with zero attached hydrogens (tertiary/aromatic N) is 1. The molecule has 0 amide bonds. The fourth-order valence-corrected chi connectivity index (χ4v) is 2.72. The quantitative estimate of drug-likeness (QED) is 0.926. The highest BCUT2D eigenvalue weighted by Crippen LogP contribution is 2.25. The van der Waals surface area contributed by atoms with Gasteiger partial charge in [-0.2, -0.15) is 0 Å². The average Bonchev–Trinajstić information content (AvgIpc) is 2.34. The minimum atomic E-state index is -0.757. The molecule has 1 aliphatic rings. The van der Waals surface area contributed by atoms with Crippen molar-refractivity contribution in [2.45, 2.75) is 31.8 Å². The first-order valence-corrected chi connectivity index (χ1v) is 6.74. The van der Waals surface area contributed by atoms with Gasteiger partial charge in [0.2, 0.25) is 0 Å². The molecule has 5 heteroatoms. The second kappa shape index (κ2) is 5.91. The fraction of sp³-hybridized carbons (Fsp3) is 0.462. The van der Waals surface area contributed by atoms with Crippen LogP contribution in [0.5, 0.6) is 0 Å². The molecule has 98 valence electrons. The van der Waals surface area contributed by atoms with E-state index in [1.165, 1.54) is 0 Å². The summed E-state index contributed by atoms with van der Waals surface area (Å²) >= 11 is 12.0. The molecule has 1 N–H and O–H groups in total. The number of carbonyl (C=O) groups is 1. The molecule has 18 heavy (non-hydrogen) atoms. The molecule has 0 aliphatic carbocycles. The molecule has 2 rings (SSSR count). The summed E-state index contributed by atoms with van der Waals surface area (Å²) in [4.78, 5) is 13.2. The highest BCUT2D eigenvalue weighted by molar-refractivity contribution is 6.33. The Labute approximate surface area is 116 Å². The molecule has 1 fully saturated rings. The summed E-state index contributed by atoms with van der Waals surface area (Å²) in [7, 11) is 0. The molecule has 0 aromatic heterocycles. The van der Waals surface area contributed by atoms with Crippen molar-refractivity contribution in [3.63, 3.8) is 0 Å². The number of hydrogen-bond donors (Lipinski definition) is 1. The summed E-state index contributed by atoms with van der Waals surface area (Å²) in [5, 5.41) is 10.5. The van der Waals surface area contributed by atoms with E-state index in [0.717, 1.165) is 24.9 Å². The van der Waals surface area contributed by atoms with Crippen molar-refractivity contribution in [2.24, 2.45) is 0 Å². The Hall–Kier alpha value is -0.770. The largest absolute Gasteiger partial charge is 0.480 e. The second-order valence-corrected chi connectivity index (χ2v) is 5.40. The molecule has 1 heterocycles. The van der Waals surface area contributed by atoms with Crippen LogP contribution in [0.4, 0.5) is 0 Å². The number of aliphatic carboxylic acids is 1. The van der Waals surface area contributed by atoms with Crippen LogP contribution in [0.25, 0.3) is 0 Å². The second-order valence-electron chi connectivity index (χ2n) is 4.56. The van der Waals surface area contributed by atoms with E-state index in [1.807, 2.05) is 4.90 Å². The van der Waals surface area contributed by atoms with Crippen LogP contribution in [0.3, 0.4) is 0 Å². The predicted octanol–water partition coefficient (Wildman–Crippen LogP) is 3.43. The van der Waals surface area contributed by atoms with Crippen LogP contribution in [0.1, 0.15) is 24.8 Å². The zero-order chi connectivity index (χ0) is 13.1. The van der Waals surface area contributed by atoms with Gasteiger partial charge in [0.15, 0.2) is 0 Å². The molecular formula is C13H15Cl2NO2. The highest BCUT2D eigenvalue weighted by atomic mass is 35.5. The van der Waals surface area contributed by atoms with Gasteiger partial charge in [0.1, 0.15) is 6.04 Å². The average molecular weight is 288 g/mol. The highest BCUT2D eigenvalue weighted by Gasteiger charge is 2.28. The van der Waals surface area contributed by atoms with Crippen LogP contribution in [0.2, 0.25) is 10.0 Å². The van der Waals surface area contributed by atoms with Gasteiger partial charge in [0, 0.05) is 16.6 Å². The van der Waals surface area contributed by atoms with E-state index in [9.17, 15) is 9.90 Å². The van der Waals surface area contributed by atoms with Gasteiger partial charge in [0.25, 0.3) is 0 Å². The van der Waals surface area contributed by atoms with Crippen LogP contribution in [-0.4, -0.2) is 28.6 Å². The zero-order valence-corrected chi connectivity index (χ0v) is 11.4. The Morgan fingerprint density at radius 2 is 2.17 bits per heavy atom. The van der Waals surface area contributed by atoms with Crippen LogP contribution in [0, 0.1) is 0 Å². The van der Waals surface area contributed by atoms with Crippen molar-refractivity contribution in [2.75, 3.05) is 6.54 Å². The third kappa shape index (κ3) is 3.16. The summed E-state index contributed by atoms with van der Waals surface area (Å²) in [5.41, 5.74) is 0.886. The minimum absolute atomic E-state index is 0.409. The topological polar surface area (TPSA) is 40.5 Å². The number of hydrogen-bond acceptors (Lipinski definition) is 2. The van der Waals surface area contributed by atoms with Crippen molar-refractivity contribution >= 4 is 29.2 Å². The number of piperidine rings is 1. The molecule has 1 atom stereocenters. The van der Waals surface area contributed by atoms with Gasteiger partial charge in [0.05, 0.1) is 0 Å². The molecule has 0 saturated carbocycles. The van der Waals surface area contributed by atoms with Crippen molar-refractivity contribution in [3.8, 4) is 0 Å². The lowest BCUT2D eigenvalue weighted by molar-refractivity contribution is -0.144. The number of benzene rings is 1. The number of carboxylic acid groups (broad SMARTS) is 1. The van der Waals surface area contributed by atoms with Crippen LogP contribution in [0.15, 0.2) is 18.2 Å². The van der Waals surface area contributed by atoms with Gasteiger partial charge in [-0.15, -0.1) is 0 Å². The van der Waals surface area contributed by atoms with Crippen molar-refractivity contribution < 1.29 is 9.90 Å². The normalized spacial score (nSPS) is 20.9. The maximum absolute atomic E-state index is 11.2. The number of halogens is 2. The maximum atomic E-state index is 11.2. The van der Waals surface area contributed by atoms with E-state index in [0.29, 0.717) is 23.0 Å². The van der Waals surface area contributed by atoms with Gasteiger partial charge < -0.3 is 5.11 Å². The standard InChI is InChI=1S/C13H15Cl2NO2/c14-10-4-5-11(15)9(7-10)8-16-6-2-1-3-12(16)13(17)18/h4-5,7,12H,1-3,6,8H2,(H,17,18)/t12-/m1/s1. The zero-order valence-electron chi connectivity index (χ0n) is 9.90. The predicted molar refractivity (Wildman–Crippen MR) is 72.1 cm³/mol. The van der Waals surface area contributed by atoms with Crippen LogP contribution in [-0.2, 0) is 11.3 Å². The lowest BCUT2D eigenvalue weighted by atomic mass is 10.0. The molecular weight excluding hydrogens is 273 g/mol. The van der Waals surface area contributed by atoms with Crippen molar-refractivity contribution in [3.05, 3.63) is 33.8 Å². The van der Waals surface area contributed by atoms with Crippen molar-refractivity contribution in [1.82, 2.24) is 4.90 Å². The summed E-state index contributed by atoms with van der Waals surface area (Å²) in [6.07, 6.45) is 2.70. The molecule has 0 unspecified atom stereocenters. The first kappa shape index (κ1) is 13.7. The van der Waals surface area contributed by atoms with E-state index < -0.39 is 12.0 Å². The van der Waals surface area contributed by atoms with E-state index >= 15 is 0 Å². The maximum Gasteiger partial charge on any atom is 0.320 e. The smallest absolute Gasteiger partial charge is 0.320 e. The number of carboxylic acids is 1. The van der Waals surface area contributed by atoms with Gasteiger partial charge in [-0.3, -0.25) is 9.69 Å². The van der Waals surface area contributed by atoms with Gasteiger partial charge in [-0.1, -0.05) is 29.6 Å². The van der Waals surface area contributed by atoms with Crippen LogP contribution >= 0.6 is 23.2 Å². The molecule has 0 radical (unpaired) electrons. The monoisotopic (exact) mass is 287 g/mol. The number of rotatable bonds is 3. The SMILES string of the molecule is O=C(O)[C@H]1CCCCN1Cc1cc(Cl)ccc1Cl. The molecule has 1 aliphatic heterocycles. The van der Waals surface area contributed by atoms with Gasteiger partial charge in [-0.25, -0.2) is 0 Å². The molecule has 3 nitrogen and oxygen atoms in total. The third-order valence-corrected chi connectivity index (χ3v) is 3.88. The van der Waals surface area contributed by atoms with Crippen LogP contribution < -0.4 is 0 Å². The fourth-order valence-electron chi connectivity index (χ4n) is 2.34. The van der Waals surface area contributed by atoms with Crippen molar-refractivity contribution in [1.29, 1.82) is 0 Å². The molecule has 1 saturated heterocycles. The van der Waals surface area contributed by atoms with E-state index in [4.69, 9.17) is 23.2 Å².